The lowest BCUT2D eigenvalue weighted by Gasteiger charge is -2.11. The summed E-state index contributed by atoms with van der Waals surface area (Å²) < 4.78 is 37.2. The summed E-state index contributed by atoms with van der Waals surface area (Å²) in [6.45, 7) is 2.18. The van der Waals surface area contributed by atoms with Crippen LogP contribution in [0.2, 0.25) is 0 Å². The SMILES string of the molecule is CC(O)C1CN=C(c2ccc(C(F)(F)F)cc2)S1. The van der Waals surface area contributed by atoms with Gasteiger partial charge < -0.3 is 5.11 Å². The van der Waals surface area contributed by atoms with Crippen molar-refractivity contribution in [2.75, 3.05) is 6.54 Å². The first-order valence-electron chi connectivity index (χ1n) is 5.45. The van der Waals surface area contributed by atoms with Gasteiger partial charge in [-0.15, -0.1) is 0 Å². The fourth-order valence-electron chi connectivity index (χ4n) is 1.60. The van der Waals surface area contributed by atoms with Crippen molar-refractivity contribution in [1.82, 2.24) is 0 Å². The van der Waals surface area contributed by atoms with Gasteiger partial charge in [0.1, 0.15) is 0 Å². The number of halogens is 3. The Bertz CT molecular complexity index is 453. The quantitative estimate of drug-likeness (QED) is 0.900. The van der Waals surface area contributed by atoms with Crippen LogP contribution in [0.3, 0.4) is 0 Å². The van der Waals surface area contributed by atoms with E-state index in [1.807, 2.05) is 0 Å². The fourth-order valence-corrected chi connectivity index (χ4v) is 2.66. The molecule has 1 aromatic rings. The van der Waals surface area contributed by atoms with E-state index in [2.05, 4.69) is 4.99 Å². The van der Waals surface area contributed by atoms with Gasteiger partial charge in [0, 0.05) is 5.56 Å². The highest BCUT2D eigenvalue weighted by Gasteiger charge is 2.30. The zero-order valence-corrected chi connectivity index (χ0v) is 10.4. The Hall–Kier alpha value is -1.01. The molecule has 1 aliphatic rings. The van der Waals surface area contributed by atoms with Gasteiger partial charge in [0.2, 0.25) is 0 Å². The standard InChI is InChI=1S/C12H12F3NOS/c1-7(17)10-6-16-11(18-10)8-2-4-9(5-3-8)12(13,14)15/h2-5,7,10,17H,6H2,1H3. The summed E-state index contributed by atoms with van der Waals surface area (Å²) in [7, 11) is 0. The number of hydrogen-bond acceptors (Lipinski definition) is 3. The monoisotopic (exact) mass is 275 g/mol. The van der Waals surface area contributed by atoms with Crippen LogP contribution in [-0.4, -0.2) is 28.0 Å². The number of benzene rings is 1. The van der Waals surface area contributed by atoms with Gasteiger partial charge in [0.15, 0.2) is 0 Å². The van der Waals surface area contributed by atoms with Gasteiger partial charge in [0.05, 0.1) is 28.5 Å². The van der Waals surface area contributed by atoms with E-state index in [9.17, 15) is 18.3 Å². The Labute approximate surface area is 107 Å². The lowest BCUT2D eigenvalue weighted by atomic mass is 10.1. The molecule has 2 atom stereocenters. The molecule has 98 valence electrons. The van der Waals surface area contributed by atoms with Crippen LogP contribution in [-0.2, 0) is 6.18 Å². The molecule has 1 heterocycles. The van der Waals surface area contributed by atoms with Crippen LogP contribution in [0, 0.1) is 0 Å². The van der Waals surface area contributed by atoms with Gasteiger partial charge in [-0.05, 0) is 19.1 Å². The molecule has 0 radical (unpaired) electrons. The highest BCUT2D eigenvalue weighted by atomic mass is 32.2. The summed E-state index contributed by atoms with van der Waals surface area (Å²) in [6.07, 6.45) is -4.80. The summed E-state index contributed by atoms with van der Waals surface area (Å²) in [5, 5.41) is 10.1. The molecule has 0 saturated heterocycles. The molecule has 18 heavy (non-hydrogen) atoms. The average molecular weight is 275 g/mol. The smallest absolute Gasteiger partial charge is 0.392 e. The van der Waals surface area contributed by atoms with E-state index < -0.39 is 17.8 Å². The molecule has 0 aromatic heterocycles. The van der Waals surface area contributed by atoms with E-state index in [1.54, 1.807) is 6.92 Å². The molecule has 0 fully saturated rings. The van der Waals surface area contributed by atoms with Gasteiger partial charge >= 0.3 is 6.18 Å². The maximum atomic E-state index is 12.4. The second-order valence-electron chi connectivity index (χ2n) is 4.12. The molecule has 0 saturated carbocycles. The normalized spacial score (nSPS) is 21.8. The Balaban J connectivity index is 2.12. The molecule has 6 heteroatoms. The second kappa shape index (κ2) is 4.93. The van der Waals surface area contributed by atoms with Gasteiger partial charge in [0.25, 0.3) is 0 Å². The molecule has 2 nitrogen and oxygen atoms in total. The Morgan fingerprint density at radius 3 is 2.39 bits per heavy atom. The number of rotatable bonds is 2. The van der Waals surface area contributed by atoms with E-state index in [4.69, 9.17) is 0 Å². The van der Waals surface area contributed by atoms with Crippen LogP contribution in [0.5, 0.6) is 0 Å². The predicted molar refractivity (Wildman–Crippen MR) is 65.9 cm³/mol. The zero-order valence-electron chi connectivity index (χ0n) is 9.61. The van der Waals surface area contributed by atoms with Crippen molar-refractivity contribution in [2.24, 2.45) is 4.99 Å². The van der Waals surface area contributed by atoms with E-state index in [1.165, 1.54) is 23.9 Å². The molecule has 0 amide bonds. The molecule has 2 unspecified atom stereocenters. The first-order chi connectivity index (χ1) is 8.38. The van der Waals surface area contributed by atoms with Crippen molar-refractivity contribution >= 4 is 16.8 Å². The highest BCUT2D eigenvalue weighted by molar-refractivity contribution is 8.15. The van der Waals surface area contributed by atoms with Gasteiger partial charge in [-0.3, -0.25) is 4.99 Å². The Morgan fingerprint density at radius 1 is 1.33 bits per heavy atom. The molecule has 0 bridgehead atoms. The van der Waals surface area contributed by atoms with Crippen LogP contribution in [0.4, 0.5) is 13.2 Å². The molecule has 1 N–H and O–H groups in total. The third kappa shape index (κ3) is 2.87. The number of alkyl halides is 3. The van der Waals surface area contributed by atoms with E-state index in [-0.39, 0.29) is 5.25 Å². The minimum absolute atomic E-state index is 0.0118. The van der Waals surface area contributed by atoms with Crippen molar-refractivity contribution in [3.8, 4) is 0 Å². The molecule has 1 aliphatic heterocycles. The fraction of sp³-hybridized carbons (Fsp3) is 0.417. The van der Waals surface area contributed by atoms with Crippen LogP contribution < -0.4 is 0 Å². The molecule has 0 aliphatic carbocycles. The molecular weight excluding hydrogens is 263 g/mol. The third-order valence-corrected chi connectivity index (χ3v) is 4.11. The Kier molecular flexibility index (Phi) is 3.68. The number of thioether (sulfide) groups is 1. The van der Waals surface area contributed by atoms with Crippen molar-refractivity contribution in [3.63, 3.8) is 0 Å². The maximum Gasteiger partial charge on any atom is 0.416 e. The minimum Gasteiger partial charge on any atom is -0.392 e. The van der Waals surface area contributed by atoms with E-state index in [0.29, 0.717) is 17.2 Å². The average Bonchev–Trinajstić information content (AvgIpc) is 2.77. The maximum absolute atomic E-state index is 12.4. The summed E-state index contributed by atoms with van der Waals surface area (Å²) in [6, 6.07) is 4.93. The van der Waals surface area contributed by atoms with E-state index >= 15 is 0 Å². The highest BCUT2D eigenvalue weighted by Crippen LogP contribution is 2.31. The lowest BCUT2D eigenvalue weighted by molar-refractivity contribution is -0.137. The van der Waals surface area contributed by atoms with Crippen LogP contribution in [0.1, 0.15) is 18.1 Å². The van der Waals surface area contributed by atoms with E-state index in [0.717, 1.165) is 12.1 Å². The van der Waals surface area contributed by atoms with Gasteiger partial charge in [-0.1, -0.05) is 23.9 Å². The van der Waals surface area contributed by atoms with Crippen molar-refractivity contribution in [2.45, 2.75) is 24.5 Å². The topological polar surface area (TPSA) is 32.6 Å². The van der Waals surface area contributed by atoms with Crippen LogP contribution in [0.15, 0.2) is 29.3 Å². The molecular formula is C12H12F3NOS. The lowest BCUT2D eigenvalue weighted by Crippen LogP contribution is -2.19. The zero-order chi connectivity index (χ0) is 13.3. The first kappa shape index (κ1) is 13.4. The number of aliphatic hydroxyl groups is 1. The Morgan fingerprint density at radius 2 is 1.94 bits per heavy atom. The van der Waals surface area contributed by atoms with Gasteiger partial charge in [-0.25, -0.2) is 0 Å². The van der Waals surface area contributed by atoms with Gasteiger partial charge in [-0.2, -0.15) is 13.2 Å². The van der Waals surface area contributed by atoms with Crippen LogP contribution in [0.25, 0.3) is 0 Å². The first-order valence-corrected chi connectivity index (χ1v) is 6.32. The van der Waals surface area contributed by atoms with Crippen molar-refractivity contribution in [1.29, 1.82) is 0 Å². The predicted octanol–water partition coefficient (Wildman–Crippen LogP) is 2.95. The number of aliphatic hydroxyl groups excluding tert-OH is 1. The van der Waals surface area contributed by atoms with Crippen molar-refractivity contribution < 1.29 is 18.3 Å². The third-order valence-electron chi connectivity index (χ3n) is 2.68. The number of aliphatic imine (C=N–C) groups is 1. The summed E-state index contributed by atoms with van der Waals surface area (Å²) in [5.74, 6) is 0. The molecule has 2 rings (SSSR count). The number of nitrogens with zero attached hydrogens (tertiary/aromatic N) is 1. The number of hydrogen-bond donors (Lipinski definition) is 1. The summed E-state index contributed by atoms with van der Waals surface area (Å²) in [4.78, 5) is 4.24. The van der Waals surface area contributed by atoms with Crippen molar-refractivity contribution in [3.05, 3.63) is 35.4 Å². The molecule has 0 spiro atoms. The second-order valence-corrected chi connectivity index (χ2v) is 5.35. The summed E-state index contributed by atoms with van der Waals surface area (Å²) in [5.41, 5.74) is -0.00178. The van der Waals surface area contributed by atoms with Crippen LogP contribution >= 0.6 is 11.8 Å². The minimum atomic E-state index is -4.31. The largest absolute Gasteiger partial charge is 0.416 e. The summed E-state index contributed by atoms with van der Waals surface area (Å²) >= 11 is 1.40. The molecule has 1 aromatic carbocycles.